The standard InChI is InChI=1S/C29H36N2O4S/c1-21-7-13-27(14-8-21)36(33,34)31(25-18-22(2)17-23(3)19-25)20-28(32)30-15-16-35-26-11-9-24(10-12-26)29(4,5)6/h7-14,17-19H,15-16,20H2,1-6H3,(H,30,32). The Balaban J connectivity index is 1.69. The summed E-state index contributed by atoms with van der Waals surface area (Å²) in [4.78, 5) is 13.0. The third kappa shape index (κ3) is 7.10. The van der Waals surface area contributed by atoms with E-state index in [9.17, 15) is 13.2 Å². The highest BCUT2D eigenvalue weighted by molar-refractivity contribution is 7.92. The van der Waals surface area contributed by atoms with Gasteiger partial charge in [0.2, 0.25) is 5.91 Å². The predicted molar refractivity (Wildman–Crippen MR) is 145 cm³/mol. The van der Waals surface area contributed by atoms with Crippen LogP contribution in [0.25, 0.3) is 0 Å². The average molecular weight is 509 g/mol. The molecule has 192 valence electrons. The van der Waals surface area contributed by atoms with Gasteiger partial charge in [-0.15, -0.1) is 0 Å². The summed E-state index contributed by atoms with van der Waals surface area (Å²) >= 11 is 0. The van der Waals surface area contributed by atoms with Crippen LogP contribution >= 0.6 is 0 Å². The van der Waals surface area contributed by atoms with Gasteiger partial charge >= 0.3 is 0 Å². The minimum Gasteiger partial charge on any atom is -0.492 e. The van der Waals surface area contributed by atoms with Gasteiger partial charge in [0, 0.05) is 0 Å². The smallest absolute Gasteiger partial charge is 0.264 e. The van der Waals surface area contributed by atoms with Crippen molar-refractivity contribution in [1.29, 1.82) is 0 Å². The molecule has 6 nitrogen and oxygen atoms in total. The Morgan fingerprint density at radius 2 is 1.44 bits per heavy atom. The van der Waals surface area contributed by atoms with Crippen LogP contribution in [0.15, 0.2) is 71.6 Å². The Morgan fingerprint density at radius 3 is 2.00 bits per heavy atom. The van der Waals surface area contributed by atoms with Crippen molar-refractivity contribution < 1.29 is 17.9 Å². The minimum atomic E-state index is -3.95. The van der Waals surface area contributed by atoms with E-state index >= 15 is 0 Å². The lowest BCUT2D eigenvalue weighted by Crippen LogP contribution is -2.42. The predicted octanol–water partition coefficient (Wildman–Crippen LogP) is 5.30. The maximum absolute atomic E-state index is 13.5. The fraction of sp³-hybridized carbons (Fsp3) is 0.345. The Bertz CT molecular complexity index is 1270. The molecule has 0 saturated heterocycles. The van der Waals surface area contributed by atoms with Crippen molar-refractivity contribution >= 4 is 21.6 Å². The van der Waals surface area contributed by atoms with E-state index in [1.165, 1.54) is 9.87 Å². The van der Waals surface area contributed by atoms with Crippen molar-refractivity contribution in [2.45, 2.75) is 51.9 Å². The van der Waals surface area contributed by atoms with Gasteiger partial charge in [0.05, 0.1) is 17.1 Å². The van der Waals surface area contributed by atoms with Crippen molar-refractivity contribution in [1.82, 2.24) is 5.32 Å². The van der Waals surface area contributed by atoms with E-state index in [0.717, 1.165) is 22.4 Å². The maximum atomic E-state index is 13.5. The third-order valence-corrected chi connectivity index (χ3v) is 7.59. The van der Waals surface area contributed by atoms with E-state index in [4.69, 9.17) is 4.74 Å². The molecule has 0 aliphatic rings. The molecule has 0 aliphatic heterocycles. The van der Waals surface area contributed by atoms with Crippen LogP contribution in [-0.4, -0.2) is 34.0 Å². The molecule has 0 heterocycles. The summed E-state index contributed by atoms with van der Waals surface area (Å²) in [6.45, 7) is 12.3. The van der Waals surface area contributed by atoms with Gasteiger partial charge in [-0.3, -0.25) is 9.10 Å². The van der Waals surface area contributed by atoms with Gasteiger partial charge in [-0.25, -0.2) is 8.42 Å². The number of amides is 1. The van der Waals surface area contributed by atoms with Crippen LogP contribution in [0, 0.1) is 20.8 Å². The number of benzene rings is 3. The number of nitrogens with one attached hydrogen (secondary N) is 1. The molecule has 3 aromatic carbocycles. The number of nitrogens with zero attached hydrogens (tertiary/aromatic N) is 1. The van der Waals surface area contributed by atoms with Crippen molar-refractivity contribution in [3.8, 4) is 5.75 Å². The molecule has 3 aromatic rings. The molecular weight excluding hydrogens is 472 g/mol. The van der Waals surface area contributed by atoms with Gasteiger partial charge in [0.1, 0.15) is 18.9 Å². The summed E-state index contributed by atoms with van der Waals surface area (Å²) in [5, 5.41) is 2.78. The minimum absolute atomic E-state index is 0.0626. The van der Waals surface area contributed by atoms with E-state index in [-0.39, 0.29) is 30.0 Å². The lowest BCUT2D eigenvalue weighted by atomic mass is 9.87. The van der Waals surface area contributed by atoms with Crippen molar-refractivity contribution in [3.63, 3.8) is 0 Å². The molecule has 0 bridgehead atoms. The molecule has 1 N–H and O–H groups in total. The molecule has 3 rings (SSSR count). The van der Waals surface area contributed by atoms with E-state index < -0.39 is 15.9 Å². The third-order valence-electron chi connectivity index (χ3n) is 5.80. The Hall–Kier alpha value is -3.32. The van der Waals surface area contributed by atoms with Crippen LogP contribution in [-0.2, 0) is 20.2 Å². The van der Waals surface area contributed by atoms with Crippen LogP contribution in [0.5, 0.6) is 5.75 Å². The first-order chi connectivity index (χ1) is 16.9. The van der Waals surface area contributed by atoms with E-state index in [1.54, 1.807) is 36.4 Å². The highest BCUT2D eigenvalue weighted by Crippen LogP contribution is 2.26. The number of hydrogen-bond acceptors (Lipinski definition) is 4. The average Bonchev–Trinajstić information content (AvgIpc) is 2.79. The SMILES string of the molecule is Cc1ccc(S(=O)(=O)N(CC(=O)NCCOc2ccc(C(C)(C)C)cc2)c2cc(C)cc(C)c2)cc1. The van der Waals surface area contributed by atoms with E-state index in [2.05, 4.69) is 26.1 Å². The summed E-state index contributed by atoms with van der Waals surface area (Å²) < 4.78 is 34.0. The summed E-state index contributed by atoms with van der Waals surface area (Å²) in [7, 11) is -3.95. The molecule has 0 atom stereocenters. The Morgan fingerprint density at radius 1 is 0.861 bits per heavy atom. The molecule has 0 saturated carbocycles. The zero-order valence-corrected chi connectivity index (χ0v) is 22.8. The monoisotopic (exact) mass is 508 g/mol. The van der Waals surface area contributed by atoms with Crippen LogP contribution < -0.4 is 14.4 Å². The molecule has 0 unspecified atom stereocenters. The van der Waals surface area contributed by atoms with Crippen LogP contribution in [0.2, 0.25) is 0 Å². The zero-order valence-electron chi connectivity index (χ0n) is 22.0. The Kier molecular flexibility index (Phi) is 8.46. The van der Waals surface area contributed by atoms with E-state index in [1.807, 2.05) is 51.1 Å². The summed E-state index contributed by atoms with van der Waals surface area (Å²) in [5.41, 5.74) is 4.52. The molecule has 36 heavy (non-hydrogen) atoms. The first-order valence-corrected chi connectivity index (χ1v) is 13.5. The van der Waals surface area contributed by atoms with Gasteiger partial charge in [0.15, 0.2) is 0 Å². The molecule has 0 radical (unpaired) electrons. The molecule has 0 aliphatic carbocycles. The number of sulfonamides is 1. The fourth-order valence-corrected chi connectivity index (χ4v) is 5.25. The highest BCUT2D eigenvalue weighted by atomic mass is 32.2. The second-order valence-corrected chi connectivity index (χ2v) is 12.0. The van der Waals surface area contributed by atoms with Crippen LogP contribution in [0.4, 0.5) is 5.69 Å². The van der Waals surface area contributed by atoms with Gasteiger partial charge in [0.25, 0.3) is 10.0 Å². The molecule has 0 aromatic heterocycles. The number of carbonyl (C=O) groups is 1. The maximum Gasteiger partial charge on any atom is 0.264 e. The van der Waals surface area contributed by atoms with Gasteiger partial charge < -0.3 is 10.1 Å². The second kappa shape index (κ2) is 11.2. The van der Waals surface area contributed by atoms with E-state index in [0.29, 0.717) is 5.69 Å². The Labute approximate surface area is 215 Å². The number of hydrogen-bond donors (Lipinski definition) is 1. The number of anilines is 1. The molecular formula is C29H36N2O4S. The van der Waals surface area contributed by atoms with Crippen molar-refractivity contribution in [2.24, 2.45) is 0 Å². The summed E-state index contributed by atoms with van der Waals surface area (Å²) in [5.74, 6) is 0.313. The normalized spacial score (nSPS) is 11.7. The van der Waals surface area contributed by atoms with Gasteiger partial charge in [-0.05, 0) is 79.3 Å². The zero-order chi connectivity index (χ0) is 26.5. The molecule has 1 amide bonds. The number of ether oxygens (including phenoxy) is 1. The first kappa shape index (κ1) is 27.3. The summed E-state index contributed by atoms with van der Waals surface area (Å²) in [6, 6.07) is 20.0. The van der Waals surface area contributed by atoms with Crippen molar-refractivity contribution in [3.05, 3.63) is 89.0 Å². The number of carbonyl (C=O) groups excluding carboxylic acids is 1. The summed E-state index contributed by atoms with van der Waals surface area (Å²) in [6.07, 6.45) is 0. The van der Waals surface area contributed by atoms with Crippen LogP contribution in [0.1, 0.15) is 43.0 Å². The lowest BCUT2D eigenvalue weighted by Gasteiger charge is -2.25. The fourth-order valence-electron chi connectivity index (χ4n) is 3.84. The number of aryl methyl sites for hydroxylation is 3. The first-order valence-electron chi connectivity index (χ1n) is 12.0. The van der Waals surface area contributed by atoms with Crippen molar-refractivity contribution in [2.75, 3.05) is 24.0 Å². The largest absolute Gasteiger partial charge is 0.492 e. The van der Waals surface area contributed by atoms with Gasteiger partial charge in [-0.2, -0.15) is 0 Å². The molecule has 0 spiro atoms. The quantitative estimate of drug-likeness (QED) is 0.398. The molecule has 0 fully saturated rings. The van der Waals surface area contributed by atoms with Gasteiger partial charge in [-0.1, -0.05) is 56.7 Å². The number of rotatable bonds is 9. The highest BCUT2D eigenvalue weighted by Gasteiger charge is 2.27. The topological polar surface area (TPSA) is 75.7 Å². The van der Waals surface area contributed by atoms with Crippen LogP contribution in [0.3, 0.4) is 0 Å². The molecule has 7 heteroatoms. The second-order valence-electron chi connectivity index (χ2n) is 10.1. The lowest BCUT2D eigenvalue weighted by molar-refractivity contribution is -0.119.